The van der Waals surface area contributed by atoms with E-state index in [-0.39, 0.29) is 6.61 Å². The van der Waals surface area contributed by atoms with Crippen LogP contribution in [0.4, 0.5) is 0 Å². The summed E-state index contributed by atoms with van der Waals surface area (Å²) in [5.74, 6) is 1.09. The first-order valence-electron chi connectivity index (χ1n) is 8.35. The highest BCUT2D eigenvalue weighted by Crippen LogP contribution is 2.29. The van der Waals surface area contributed by atoms with E-state index in [1.165, 1.54) is 0 Å². The minimum atomic E-state index is -0.992. The second kappa shape index (κ2) is 7.89. The Balaban J connectivity index is 1.72. The van der Waals surface area contributed by atoms with Gasteiger partial charge in [0.15, 0.2) is 6.61 Å². The number of ether oxygens (including phenoxy) is 1. The number of hydrogen-bond donors (Lipinski definition) is 1. The molecule has 1 aliphatic heterocycles. The molecule has 1 aromatic heterocycles. The largest absolute Gasteiger partial charge is 0.482 e. The number of carboxylic acid groups (broad SMARTS) is 1. The summed E-state index contributed by atoms with van der Waals surface area (Å²) in [5.41, 5.74) is 0.911. The number of carbonyl (C=O) groups is 1. The van der Waals surface area contributed by atoms with E-state index >= 15 is 0 Å². The Morgan fingerprint density at radius 3 is 3.04 bits per heavy atom. The summed E-state index contributed by atoms with van der Waals surface area (Å²) >= 11 is 6.12. The first-order chi connectivity index (χ1) is 12.0. The number of aromatic nitrogens is 2. The highest BCUT2D eigenvalue weighted by atomic mass is 35.5. The zero-order valence-corrected chi connectivity index (χ0v) is 14.9. The van der Waals surface area contributed by atoms with Crippen LogP contribution in [0.15, 0.2) is 30.6 Å². The van der Waals surface area contributed by atoms with Gasteiger partial charge in [-0.15, -0.1) is 0 Å². The van der Waals surface area contributed by atoms with Crippen LogP contribution in [0.2, 0.25) is 5.02 Å². The molecular weight excluding hydrogens is 342 g/mol. The number of piperidine rings is 1. The molecule has 2 aromatic rings. The van der Waals surface area contributed by atoms with Gasteiger partial charge in [0.1, 0.15) is 11.6 Å². The minimum Gasteiger partial charge on any atom is -0.482 e. The Morgan fingerprint density at radius 2 is 2.32 bits per heavy atom. The first-order valence-corrected chi connectivity index (χ1v) is 8.73. The van der Waals surface area contributed by atoms with Crippen LogP contribution in [-0.4, -0.2) is 45.2 Å². The second-order valence-corrected chi connectivity index (χ2v) is 6.84. The molecule has 3 rings (SSSR count). The third-order valence-corrected chi connectivity index (χ3v) is 4.73. The topological polar surface area (TPSA) is 67.6 Å². The van der Waals surface area contributed by atoms with E-state index < -0.39 is 5.97 Å². The van der Waals surface area contributed by atoms with Crippen LogP contribution < -0.4 is 4.74 Å². The predicted molar refractivity (Wildman–Crippen MR) is 95.0 cm³/mol. The van der Waals surface area contributed by atoms with Gasteiger partial charge in [0.05, 0.1) is 0 Å². The molecule has 1 atom stereocenters. The van der Waals surface area contributed by atoms with E-state index in [0.717, 1.165) is 37.3 Å². The summed E-state index contributed by atoms with van der Waals surface area (Å²) in [4.78, 5) is 17.6. The van der Waals surface area contributed by atoms with Crippen molar-refractivity contribution in [3.8, 4) is 5.75 Å². The molecule has 0 saturated carbocycles. The molecule has 1 fully saturated rings. The van der Waals surface area contributed by atoms with Gasteiger partial charge in [-0.3, -0.25) is 4.90 Å². The van der Waals surface area contributed by atoms with Gasteiger partial charge in [-0.05, 0) is 37.6 Å². The summed E-state index contributed by atoms with van der Waals surface area (Å²) in [6.07, 6.45) is 6.04. The molecule has 1 unspecified atom stereocenters. The Morgan fingerprint density at radius 1 is 1.48 bits per heavy atom. The molecule has 1 aromatic carbocycles. The highest BCUT2D eigenvalue weighted by molar-refractivity contribution is 6.30. The summed E-state index contributed by atoms with van der Waals surface area (Å²) in [6, 6.07) is 5.30. The van der Waals surface area contributed by atoms with Crippen molar-refractivity contribution in [3.63, 3.8) is 0 Å². The molecule has 7 heteroatoms. The monoisotopic (exact) mass is 363 g/mol. The van der Waals surface area contributed by atoms with Crippen LogP contribution in [-0.2, 0) is 18.4 Å². The van der Waals surface area contributed by atoms with E-state index in [4.69, 9.17) is 21.4 Å². The smallest absolute Gasteiger partial charge is 0.341 e. The molecule has 1 N–H and O–H groups in total. The van der Waals surface area contributed by atoms with Gasteiger partial charge in [-0.2, -0.15) is 0 Å². The van der Waals surface area contributed by atoms with Gasteiger partial charge >= 0.3 is 5.97 Å². The molecule has 0 radical (unpaired) electrons. The Labute approximate surface area is 152 Å². The fourth-order valence-corrected chi connectivity index (χ4v) is 3.57. The molecule has 0 amide bonds. The lowest BCUT2D eigenvalue weighted by Gasteiger charge is -2.32. The number of benzene rings is 1. The Bertz CT molecular complexity index is 747. The maximum absolute atomic E-state index is 10.8. The van der Waals surface area contributed by atoms with E-state index in [2.05, 4.69) is 14.5 Å². The number of likely N-dealkylation sites (tertiary alicyclic amines) is 1. The molecule has 1 aliphatic rings. The molecule has 25 heavy (non-hydrogen) atoms. The summed E-state index contributed by atoms with van der Waals surface area (Å²) in [5, 5.41) is 9.46. The number of halogens is 1. The molecule has 2 heterocycles. The van der Waals surface area contributed by atoms with Crippen molar-refractivity contribution in [2.24, 2.45) is 7.05 Å². The number of carboxylic acids is 1. The molecule has 6 nitrogen and oxygen atoms in total. The van der Waals surface area contributed by atoms with Crippen LogP contribution in [0.3, 0.4) is 0 Å². The van der Waals surface area contributed by atoms with E-state index in [0.29, 0.717) is 23.2 Å². The maximum atomic E-state index is 10.8. The Kier molecular flexibility index (Phi) is 5.60. The molecule has 0 bridgehead atoms. The number of aliphatic carboxylic acids is 1. The second-order valence-electron chi connectivity index (χ2n) is 6.41. The van der Waals surface area contributed by atoms with Crippen molar-refractivity contribution in [2.75, 3.05) is 19.7 Å². The zero-order chi connectivity index (χ0) is 17.8. The minimum absolute atomic E-state index is 0.357. The molecule has 0 aliphatic carbocycles. The van der Waals surface area contributed by atoms with Crippen LogP contribution in [0.25, 0.3) is 0 Å². The molecular formula is C18H22ClN3O3. The van der Waals surface area contributed by atoms with Gasteiger partial charge in [0.25, 0.3) is 0 Å². The maximum Gasteiger partial charge on any atom is 0.341 e. The van der Waals surface area contributed by atoms with E-state index in [1.54, 1.807) is 12.1 Å². The van der Waals surface area contributed by atoms with Crippen molar-refractivity contribution in [2.45, 2.75) is 25.3 Å². The zero-order valence-electron chi connectivity index (χ0n) is 14.2. The fraction of sp³-hybridized carbons (Fsp3) is 0.444. The van der Waals surface area contributed by atoms with Crippen LogP contribution >= 0.6 is 11.6 Å². The summed E-state index contributed by atoms with van der Waals surface area (Å²) < 4.78 is 7.49. The lowest BCUT2D eigenvalue weighted by Crippen LogP contribution is -2.35. The fourth-order valence-electron chi connectivity index (χ4n) is 3.37. The SMILES string of the molecule is Cn1ccnc1C1CCCN(Cc2cc(Cl)ccc2OCC(=O)O)C1. The van der Waals surface area contributed by atoms with Gasteiger partial charge in [-0.25, -0.2) is 9.78 Å². The van der Waals surface area contributed by atoms with Gasteiger partial charge in [-0.1, -0.05) is 11.6 Å². The number of imidazole rings is 1. The highest BCUT2D eigenvalue weighted by Gasteiger charge is 2.24. The van der Waals surface area contributed by atoms with E-state index in [9.17, 15) is 4.79 Å². The van der Waals surface area contributed by atoms with Crippen molar-refractivity contribution in [1.29, 1.82) is 0 Å². The normalized spacial score (nSPS) is 18.2. The van der Waals surface area contributed by atoms with Crippen molar-refractivity contribution >= 4 is 17.6 Å². The number of rotatable bonds is 6. The summed E-state index contributed by atoms with van der Waals surface area (Å²) in [7, 11) is 2.02. The summed E-state index contributed by atoms with van der Waals surface area (Å²) in [6.45, 7) is 2.22. The van der Waals surface area contributed by atoms with Gasteiger partial charge < -0.3 is 14.4 Å². The standard InChI is InChI=1S/C18H22ClN3O3/c1-21-8-6-20-18(21)13-3-2-7-22(10-13)11-14-9-15(19)4-5-16(14)25-12-17(23)24/h4-6,8-9,13H,2-3,7,10-12H2,1H3,(H,23,24). The van der Waals surface area contributed by atoms with E-state index in [1.807, 2.05) is 25.5 Å². The average Bonchev–Trinajstić information content (AvgIpc) is 3.00. The predicted octanol–water partition coefficient (Wildman–Crippen LogP) is 2.92. The lowest BCUT2D eigenvalue weighted by atomic mass is 9.96. The first kappa shape index (κ1) is 17.8. The van der Waals surface area contributed by atoms with Crippen molar-refractivity contribution in [3.05, 3.63) is 47.0 Å². The molecule has 1 saturated heterocycles. The Hall–Kier alpha value is -2.05. The van der Waals surface area contributed by atoms with Crippen LogP contribution in [0.1, 0.15) is 30.1 Å². The third-order valence-electron chi connectivity index (χ3n) is 4.50. The van der Waals surface area contributed by atoms with Gasteiger partial charge in [0.2, 0.25) is 0 Å². The third kappa shape index (κ3) is 4.52. The molecule has 0 spiro atoms. The van der Waals surface area contributed by atoms with Crippen molar-refractivity contribution < 1.29 is 14.6 Å². The number of hydrogen-bond acceptors (Lipinski definition) is 4. The van der Waals surface area contributed by atoms with Gasteiger partial charge in [0, 0.05) is 49.0 Å². The average molecular weight is 364 g/mol. The number of nitrogens with zero attached hydrogens (tertiary/aromatic N) is 3. The quantitative estimate of drug-likeness (QED) is 0.854. The lowest BCUT2D eigenvalue weighted by molar-refractivity contribution is -0.139. The van der Waals surface area contributed by atoms with Crippen LogP contribution in [0, 0.1) is 0 Å². The van der Waals surface area contributed by atoms with Crippen LogP contribution in [0.5, 0.6) is 5.75 Å². The number of aryl methyl sites for hydroxylation is 1. The molecule has 134 valence electrons. The van der Waals surface area contributed by atoms with Crippen molar-refractivity contribution in [1.82, 2.24) is 14.5 Å².